The summed E-state index contributed by atoms with van der Waals surface area (Å²) in [6.07, 6.45) is 4.17. The van der Waals surface area contributed by atoms with Gasteiger partial charge in [0.2, 0.25) is 5.95 Å². The van der Waals surface area contributed by atoms with Crippen LogP contribution in [0.5, 0.6) is 0 Å². The number of carbonyl (C=O) groups is 1. The lowest BCUT2D eigenvalue weighted by Crippen LogP contribution is -2.14. The number of nitrogens with zero attached hydrogens (tertiary/aromatic N) is 3. The highest BCUT2D eigenvalue weighted by Gasteiger charge is 2.07. The maximum Gasteiger partial charge on any atom is 0.277 e. The lowest BCUT2D eigenvalue weighted by atomic mass is 10.4. The molecule has 5 nitrogen and oxygen atoms in total. The van der Waals surface area contributed by atoms with E-state index in [1.54, 1.807) is 0 Å². The number of carbonyl (C=O) groups excluding carboxylic acids is 1. The van der Waals surface area contributed by atoms with Gasteiger partial charge in [0.25, 0.3) is 5.91 Å². The van der Waals surface area contributed by atoms with Gasteiger partial charge in [-0.05, 0) is 12.1 Å². The number of hydrogen-bond acceptors (Lipinski definition) is 4. The van der Waals surface area contributed by atoms with Gasteiger partial charge in [0.05, 0.1) is 6.20 Å². The molecule has 80 valence electrons. The summed E-state index contributed by atoms with van der Waals surface area (Å²) in [6.45, 7) is 0. The number of aromatic nitrogens is 3. The molecule has 2 aromatic rings. The van der Waals surface area contributed by atoms with E-state index in [1.165, 1.54) is 36.8 Å². The largest absolute Gasteiger partial charge is 0.305 e. The molecule has 2 rings (SSSR count). The van der Waals surface area contributed by atoms with Crippen LogP contribution in [0.4, 0.5) is 10.2 Å². The average molecular weight is 218 g/mol. The molecule has 0 aromatic carbocycles. The normalized spacial score (nSPS) is 9.81. The second-order valence-electron chi connectivity index (χ2n) is 2.89. The number of pyridine rings is 1. The molecule has 0 fully saturated rings. The van der Waals surface area contributed by atoms with Crippen molar-refractivity contribution in [1.82, 2.24) is 15.0 Å². The summed E-state index contributed by atoms with van der Waals surface area (Å²) < 4.78 is 12.7. The van der Waals surface area contributed by atoms with E-state index in [0.29, 0.717) is 0 Å². The first-order valence-electron chi connectivity index (χ1n) is 4.45. The fraction of sp³-hybridized carbons (Fsp3) is 0. The zero-order chi connectivity index (χ0) is 11.4. The minimum Gasteiger partial charge on any atom is -0.305 e. The number of rotatable bonds is 2. The maximum atomic E-state index is 12.7. The van der Waals surface area contributed by atoms with Crippen molar-refractivity contribution in [2.45, 2.75) is 0 Å². The van der Waals surface area contributed by atoms with Crippen molar-refractivity contribution in [2.75, 3.05) is 5.32 Å². The van der Waals surface area contributed by atoms with E-state index in [4.69, 9.17) is 0 Å². The smallest absolute Gasteiger partial charge is 0.277 e. The second kappa shape index (κ2) is 4.43. The van der Waals surface area contributed by atoms with Crippen LogP contribution in [0.2, 0.25) is 0 Å². The summed E-state index contributed by atoms with van der Waals surface area (Å²) in [5.41, 5.74) is 0.147. The van der Waals surface area contributed by atoms with Crippen LogP contribution in [0, 0.1) is 5.95 Å². The molecule has 0 aliphatic heterocycles. The van der Waals surface area contributed by atoms with Crippen LogP contribution in [0.3, 0.4) is 0 Å². The lowest BCUT2D eigenvalue weighted by molar-refractivity contribution is 0.102. The summed E-state index contributed by atoms with van der Waals surface area (Å²) in [7, 11) is 0. The Kier molecular flexibility index (Phi) is 2.81. The molecule has 6 heteroatoms. The number of anilines is 1. The van der Waals surface area contributed by atoms with Crippen molar-refractivity contribution >= 4 is 11.7 Å². The lowest BCUT2D eigenvalue weighted by Gasteiger charge is -2.02. The van der Waals surface area contributed by atoms with E-state index >= 15 is 0 Å². The fourth-order valence-corrected chi connectivity index (χ4v) is 1.07. The van der Waals surface area contributed by atoms with Gasteiger partial charge in [-0.25, -0.2) is 9.97 Å². The number of hydrogen-bond donors (Lipinski definition) is 1. The molecule has 0 aliphatic rings. The van der Waals surface area contributed by atoms with Gasteiger partial charge in [0, 0.05) is 12.4 Å². The first-order chi connectivity index (χ1) is 7.75. The zero-order valence-electron chi connectivity index (χ0n) is 8.09. The Hall–Kier alpha value is -2.37. The number of amides is 1. The van der Waals surface area contributed by atoms with Crippen molar-refractivity contribution in [3.63, 3.8) is 0 Å². The Morgan fingerprint density at radius 2 is 2.19 bits per heavy atom. The molecule has 0 spiro atoms. The molecule has 1 N–H and O–H groups in total. The zero-order valence-corrected chi connectivity index (χ0v) is 8.09. The molecule has 16 heavy (non-hydrogen) atoms. The molecule has 2 heterocycles. The fourth-order valence-electron chi connectivity index (χ4n) is 1.07. The Labute approximate surface area is 90.4 Å². The number of halogens is 1. The summed E-state index contributed by atoms with van der Waals surface area (Å²) in [4.78, 5) is 22.6. The van der Waals surface area contributed by atoms with Crippen molar-refractivity contribution in [1.29, 1.82) is 0 Å². The van der Waals surface area contributed by atoms with Crippen molar-refractivity contribution in [2.24, 2.45) is 0 Å². The maximum absolute atomic E-state index is 12.7. The van der Waals surface area contributed by atoms with Crippen LogP contribution in [0.15, 0.2) is 36.8 Å². The number of nitrogens with one attached hydrogen (secondary N) is 1. The average Bonchev–Trinajstić information content (AvgIpc) is 2.30. The van der Waals surface area contributed by atoms with Crippen molar-refractivity contribution in [3.8, 4) is 0 Å². The third-order valence-electron chi connectivity index (χ3n) is 1.75. The van der Waals surface area contributed by atoms with E-state index in [0.717, 1.165) is 0 Å². The third-order valence-corrected chi connectivity index (χ3v) is 1.75. The van der Waals surface area contributed by atoms with Gasteiger partial charge >= 0.3 is 0 Å². The highest BCUT2D eigenvalue weighted by molar-refractivity contribution is 6.01. The molecule has 1 amide bonds. The van der Waals surface area contributed by atoms with Gasteiger partial charge in [0.1, 0.15) is 11.5 Å². The minimum atomic E-state index is -0.656. The van der Waals surface area contributed by atoms with Crippen LogP contribution >= 0.6 is 0 Å². The summed E-state index contributed by atoms with van der Waals surface area (Å²) in [6, 6.07) is 4.13. The molecular formula is C10H7FN4O. The van der Waals surface area contributed by atoms with Crippen molar-refractivity contribution < 1.29 is 9.18 Å². The standard InChI is InChI=1S/C10H7FN4O/c11-8-2-1-3-9(14-8)15-10(16)7-6-12-4-5-13-7/h1-6H,(H,14,15,16). The van der Waals surface area contributed by atoms with Gasteiger partial charge in [-0.1, -0.05) is 6.07 Å². The molecule has 0 saturated carbocycles. The minimum absolute atomic E-state index is 0.135. The predicted molar refractivity (Wildman–Crippen MR) is 54.2 cm³/mol. The SMILES string of the molecule is O=C(Nc1cccc(F)n1)c1cnccn1. The Bertz CT molecular complexity index is 503. The second-order valence-corrected chi connectivity index (χ2v) is 2.89. The first-order valence-corrected chi connectivity index (χ1v) is 4.45. The van der Waals surface area contributed by atoms with E-state index in [9.17, 15) is 9.18 Å². The van der Waals surface area contributed by atoms with E-state index < -0.39 is 11.9 Å². The third kappa shape index (κ3) is 2.35. The van der Waals surface area contributed by atoms with E-state index in [2.05, 4.69) is 20.3 Å². The molecule has 0 atom stereocenters. The summed E-state index contributed by atoms with van der Waals surface area (Å²) in [5.74, 6) is -1.00. The summed E-state index contributed by atoms with van der Waals surface area (Å²) in [5, 5.41) is 2.41. The summed E-state index contributed by atoms with van der Waals surface area (Å²) >= 11 is 0. The molecular weight excluding hydrogens is 211 g/mol. The van der Waals surface area contributed by atoms with Crippen LogP contribution in [-0.4, -0.2) is 20.9 Å². The van der Waals surface area contributed by atoms with E-state index in [1.807, 2.05) is 0 Å². The highest BCUT2D eigenvalue weighted by atomic mass is 19.1. The van der Waals surface area contributed by atoms with Crippen LogP contribution < -0.4 is 5.32 Å². The first kappa shape index (κ1) is 10.2. The molecule has 0 bridgehead atoms. The van der Waals surface area contributed by atoms with E-state index in [-0.39, 0.29) is 11.5 Å². The Morgan fingerprint density at radius 1 is 1.31 bits per heavy atom. The van der Waals surface area contributed by atoms with Gasteiger partial charge in [-0.2, -0.15) is 4.39 Å². The van der Waals surface area contributed by atoms with Crippen LogP contribution in [0.1, 0.15) is 10.5 Å². The van der Waals surface area contributed by atoms with Crippen LogP contribution in [-0.2, 0) is 0 Å². The van der Waals surface area contributed by atoms with Gasteiger partial charge in [-0.15, -0.1) is 0 Å². The van der Waals surface area contributed by atoms with Gasteiger partial charge in [-0.3, -0.25) is 9.78 Å². The monoisotopic (exact) mass is 218 g/mol. The Balaban J connectivity index is 2.14. The molecule has 2 aromatic heterocycles. The van der Waals surface area contributed by atoms with Gasteiger partial charge < -0.3 is 5.32 Å². The highest BCUT2D eigenvalue weighted by Crippen LogP contribution is 2.04. The van der Waals surface area contributed by atoms with Gasteiger partial charge in [0.15, 0.2) is 0 Å². The van der Waals surface area contributed by atoms with Crippen LogP contribution in [0.25, 0.3) is 0 Å². The predicted octanol–water partition coefficient (Wildman–Crippen LogP) is 1.26. The Morgan fingerprint density at radius 3 is 2.88 bits per heavy atom. The molecule has 0 radical (unpaired) electrons. The topological polar surface area (TPSA) is 67.8 Å². The molecule has 0 aliphatic carbocycles. The molecule has 0 saturated heterocycles. The quantitative estimate of drug-likeness (QED) is 0.770. The molecule has 0 unspecified atom stereocenters. The van der Waals surface area contributed by atoms with Crippen molar-refractivity contribution in [3.05, 3.63) is 48.4 Å².